The van der Waals surface area contributed by atoms with Crippen LogP contribution >= 0.6 is 11.3 Å². The number of hydrogen-bond acceptors (Lipinski definition) is 3. The second-order valence-electron chi connectivity index (χ2n) is 6.21. The van der Waals surface area contributed by atoms with Crippen molar-refractivity contribution in [2.45, 2.75) is 18.8 Å². The smallest absolute Gasteiger partial charge is 0.303 e. The number of hydrogen-bond donors (Lipinski definition) is 1. The van der Waals surface area contributed by atoms with E-state index in [0.29, 0.717) is 6.42 Å². The second-order valence-corrected chi connectivity index (χ2v) is 7.07. The van der Waals surface area contributed by atoms with E-state index in [-0.39, 0.29) is 12.3 Å². The Morgan fingerprint density at radius 2 is 1.88 bits per heavy atom. The molecule has 2 aromatic heterocycles. The van der Waals surface area contributed by atoms with Gasteiger partial charge in [-0.1, -0.05) is 48.5 Å². The van der Waals surface area contributed by atoms with Crippen LogP contribution in [0.4, 0.5) is 0 Å². The Balaban J connectivity index is 1.88. The van der Waals surface area contributed by atoms with Crippen molar-refractivity contribution in [1.29, 1.82) is 0 Å². The largest absolute Gasteiger partial charge is 0.481 e. The summed E-state index contributed by atoms with van der Waals surface area (Å²) < 4.78 is 2.15. The van der Waals surface area contributed by atoms with Crippen LogP contribution in [0.3, 0.4) is 0 Å². The number of aromatic nitrogens is 2. The molecule has 0 spiro atoms. The number of rotatable bonds is 6. The standard InChI is InChI=1S/C21H18N2O2S/c24-21(25)11-10-16(15-6-2-1-3-7-15)18-13-23(20-12-22-14-26-20)19-9-5-4-8-17(18)19/h1-9,12-14,16H,10-11H2,(H,24,25). The van der Waals surface area contributed by atoms with E-state index in [4.69, 9.17) is 0 Å². The average molecular weight is 362 g/mol. The van der Waals surface area contributed by atoms with E-state index in [1.54, 1.807) is 11.3 Å². The van der Waals surface area contributed by atoms with Crippen molar-refractivity contribution in [2.24, 2.45) is 0 Å². The highest BCUT2D eigenvalue weighted by atomic mass is 32.1. The molecule has 0 saturated carbocycles. The Morgan fingerprint density at radius 3 is 2.62 bits per heavy atom. The van der Waals surface area contributed by atoms with Crippen LogP contribution in [0.2, 0.25) is 0 Å². The summed E-state index contributed by atoms with van der Waals surface area (Å²) in [4.78, 5) is 15.4. The zero-order valence-corrected chi connectivity index (χ0v) is 14.9. The first-order chi connectivity index (χ1) is 12.7. The third-order valence-electron chi connectivity index (χ3n) is 4.62. The summed E-state index contributed by atoms with van der Waals surface area (Å²) in [6.07, 6.45) is 4.70. The molecule has 26 heavy (non-hydrogen) atoms. The SMILES string of the molecule is O=C(O)CCC(c1ccccc1)c1cn(-c2cncs2)c2ccccc12. The molecular weight excluding hydrogens is 344 g/mol. The van der Waals surface area contributed by atoms with Crippen LogP contribution in [0.15, 0.2) is 72.5 Å². The summed E-state index contributed by atoms with van der Waals surface area (Å²) in [6.45, 7) is 0. The number of carboxylic acids is 1. The van der Waals surface area contributed by atoms with E-state index >= 15 is 0 Å². The Labute approximate surface area is 155 Å². The molecule has 0 saturated heterocycles. The van der Waals surface area contributed by atoms with Crippen LogP contribution < -0.4 is 0 Å². The molecule has 0 aliphatic rings. The number of carbonyl (C=O) groups is 1. The lowest BCUT2D eigenvalue weighted by atomic mass is 9.87. The first-order valence-electron chi connectivity index (χ1n) is 8.49. The zero-order chi connectivity index (χ0) is 17.9. The van der Waals surface area contributed by atoms with Gasteiger partial charge >= 0.3 is 5.97 Å². The first-order valence-corrected chi connectivity index (χ1v) is 9.37. The summed E-state index contributed by atoms with van der Waals surface area (Å²) in [7, 11) is 0. The average Bonchev–Trinajstić information content (AvgIpc) is 3.31. The van der Waals surface area contributed by atoms with Crippen LogP contribution in [0.1, 0.15) is 29.9 Å². The fraction of sp³-hybridized carbons (Fsp3) is 0.143. The fourth-order valence-corrected chi connectivity index (χ4v) is 4.06. The van der Waals surface area contributed by atoms with Gasteiger partial charge in [0.1, 0.15) is 5.00 Å². The molecule has 0 amide bonds. The Morgan fingerprint density at radius 1 is 1.12 bits per heavy atom. The van der Waals surface area contributed by atoms with Crippen LogP contribution in [0.5, 0.6) is 0 Å². The summed E-state index contributed by atoms with van der Waals surface area (Å²) in [5.41, 5.74) is 5.23. The third-order valence-corrected chi connectivity index (χ3v) is 5.39. The van der Waals surface area contributed by atoms with Gasteiger partial charge in [0.2, 0.25) is 0 Å². The van der Waals surface area contributed by atoms with Gasteiger partial charge in [-0.05, 0) is 23.6 Å². The van der Waals surface area contributed by atoms with Crippen molar-refractivity contribution in [1.82, 2.24) is 9.55 Å². The topological polar surface area (TPSA) is 55.1 Å². The monoisotopic (exact) mass is 362 g/mol. The number of nitrogens with zero attached hydrogens (tertiary/aromatic N) is 2. The molecule has 2 aromatic carbocycles. The van der Waals surface area contributed by atoms with Gasteiger partial charge in [-0.15, -0.1) is 11.3 Å². The normalized spacial score (nSPS) is 12.3. The lowest BCUT2D eigenvalue weighted by Crippen LogP contribution is -2.05. The van der Waals surface area contributed by atoms with Gasteiger partial charge in [0.05, 0.1) is 17.2 Å². The van der Waals surface area contributed by atoms with E-state index in [0.717, 1.165) is 27.0 Å². The second kappa shape index (κ2) is 7.14. The van der Waals surface area contributed by atoms with Crippen molar-refractivity contribution in [3.8, 4) is 5.00 Å². The molecule has 4 rings (SSSR count). The van der Waals surface area contributed by atoms with Gasteiger partial charge in [-0.3, -0.25) is 9.78 Å². The fourth-order valence-electron chi connectivity index (χ4n) is 3.45. The quantitative estimate of drug-likeness (QED) is 0.520. The molecule has 0 radical (unpaired) electrons. The zero-order valence-electron chi connectivity index (χ0n) is 14.1. The molecule has 0 aliphatic carbocycles. The summed E-state index contributed by atoms with van der Waals surface area (Å²) in [5.74, 6) is -0.733. The van der Waals surface area contributed by atoms with E-state index in [1.165, 1.54) is 0 Å². The molecule has 0 bridgehead atoms. The first kappa shape index (κ1) is 16.5. The van der Waals surface area contributed by atoms with Crippen molar-refractivity contribution >= 4 is 28.2 Å². The summed E-state index contributed by atoms with van der Waals surface area (Å²) >= 11 is 1.59. The summed E-state index contributed by atoms with van der Waals surface area (Å²) in [5, 5.41) is 11.4. The Hall–Kier alpha value is -2.92. The highest BCUT2D eigenvalue weighted by Gasteiger charge is 2.21. The van der Waals surface area contributed by atoms with Crippen LogP contribution in [0, 0.1) is 0 Å². The molecule has 1 N–H and O–H groups in total. The van der Waals surface area contributed by atoms with Gasteiger partial charge in [-0.2, -0.15) is 0 Å². The van der Waals surface area contributed by atoms with Gasteiger partial charge in [0.15, 0.2) is 0 Å². The number of fused-ring (bicyclic) bond motifs is 1. The predicted molar refractivity (Wildman–Crippen MR) is 104 cm³/mol. The van der Waals surface area contributed by atoms with Crippen molar-refractivity contribution in [3.63, 3.8) is 0 Å². The van der Waals surface area contributed by atoms with E-state index in [9.17, 15) is 9.90 Å². The molecule has 130 valence electrons. The van der Waals surface area contributed by atoms with Gasteiger partial charge in [0.25, 0.3) is 0 Å². The minimum atomic E-state index is -0.767. The van der Waals surface area contributed by atoms with Crippen LogP contribution in [-0.4, -0.2) is 20.6 Å². The van der Waals surface area contributed by atoms with Crippen LogP contribution in [0.25, 0.3) is 15.9 Å². The number of para-hydroxylation sites is 1. The molecule has 1 atom stereocenters. The molecule has 4 aromatic rings. The van der Waals surface area contributed by atoms with Gasteiger partial charge < -0.3 is 9.67 Å². The maximum absolute atomic E-state index is 11.2. The number of carboxylic acid groups (broad SMARTS) is 1. The van der Waals surface area contributed by atoms with Crippen molar-refractivity contribution in [3.05, 3.63) is 83.6 Å². The molecule has 0 fully saturated rings. The number of benzene rings is 2. The lowest BCUT2D eigenvalue weighted by molar-refractivity contribution is -0.137. The Kier molecular flexibility index (Phi) is 4.54. The highest BCUT2D eigenvalue weighted by Crippen LogP contribution is 2.37. The molecular formula is C21H18N2O2S. The predicted octanol–water partition coefficient (Wildman–Crippen LogP) is 5.08. The van der Waals surface area contributed by atoms with E-state index in [2.05, 4.69) is 40.0 Å². The highest BCUT2D eigenvalue weighted by molar-refractivity contribution is 7.12. The minimum absolute atomic E-state index is 0.0337. The van der Waals surface area contributed by atoms with Crippen LogP contribution in [-0.2, 0) is 4.79 Å². The summed E-state index contributed by atoms with van der Waals surface area (Å²) in [6, 6.07) is 18.4. The molecule has 2 heterocycles. The maximum Gasteiger partial charge on any atom is 0.303 e. The third kappa shape index (κ3) is 3.13. The van der Waals surface area contributed by atoms with Gasteiger partial charge in [-0.25, -0.2) is 0 Å². The molecule has 4 nitrogen and oxygen atoms in total. The lowest BCUT2D eigenvalue weighted by Gasteiger charge is -2.16. The van der Waals surface area contributed by atoms with E-state index in [1.807, 2.05) is 42.0 Å². The van der Waals surface area contributed by atoms with Crippen molar-refractivity contribution < 1.29 is 9.90 Å². The number of thiazole rings is 1. The van der Waals surface area contributed by atoms with Gasteiger partial charge in [0, 0.05) is 23.9 Å². The van der Waals surface area contributed by atoms with Crippen molar-refractivity contribution in [2.75, 3.05) is 0 Å². The Bertz CT molecular complexity index is 1020. The molecule has 1 unspecified atom stereocenters. The minimum Gasteiger partial charge on any atom is -0.481 e. The number of aliphatic carboxylic acids is 1. The maximum atomic E-state index is 11.2. The van der Waals surface area contributed by atoms with E-state index < -0.39 is 5.97 Å². The molecule has 0 aliphatic heterocycles. The molecule has 5 heteroatoms.